The van der Waals surface area contributed by atoms with E-state index in [0.717, 1.165) is 17.8 Å². The van der Waals surface area contributed by atoms with Crippen LogP contribution >= 0.6 is 11.6 Å². The minimum Gasteiger partial charge on any atom is -0.347 e. The molecule has 1 atom stereocenters. The zero-order chi connectivity index (χ0) is 13.8. The Morgan fingerprint density at radius 2 is 2.32 bits per heavy atom. The highest BCUT2D eigenvalue weighted by Crippen LogP contribution is 2.20. The van der Waals surface area contributed by atoms with Crippen molar-refractivity contribution in [1.82, 2.24) is 15.3 Å². The Morgan fingerprint density at radius 3 is 2.95 bits per heavy atom. The minimum absolute atomic E-state index is 0.124. The molecule has 0 saturated carbocycles. The molecule has 0 aliphatic carbocycles. The summed E-state index contributed by atoms with van der Waals surface area (Å²) in [6, 6.07) is 5.20. The number of H-pyrrole nitrogens is 1. The fourth-order valence-corrected chi connectivity index (χ4v) is 2.10. The Hall–Kier alpha value is -1.81. The van der Waals surface area contributed by atoms with E-state index in [1.165, 1.54) is 0 Å². The number of nitrogens with one attached hydrogen (secondary N) is 2. The third kappa shape index (κ3) is 2.96. The van der Waals surface area contributed by atoms with Gasteiger partial charge in [-0.3, -0.25) is 4.79 Å². The number of imidazole rings is 1. The monoisotopic (exact) mass is 277 g/mol. The number of benzene rings is 1. The van der Waals surface area contributed by atoms with E-state index in [1.54, 1.807) is 30.6 Å². The van der Waals surface area contributed by atoms with Gasteiger partial charge in [0.1, 0.15) is 5.82 Å². The molecule has 2 N–H and O–H groups in total. The lowest BCUT2D eigenvalue weighted by molar-refractivity contribution is 0.0933. The molecule has 2 aromatic rings. The number of carbonyl (C=O) groups is 1. The predicted octanol–water partition coefficient (Wildman–Crippen LogP) is 3.25. The number of hydrogen-bond donors (Lipinski definition) is 2. The van der Waals surface area contributed by atoms with Crippen molar-refractivity contribution in [3.8, 4) is 0 Å². The van der Waals surface area contributed by atoms with E-state index >= 15 is 0 Å². The molecular weight excluding hydrogens is 262 g/mol. The highest BCUT2D eigenvalue weighted by molar-refractivity contribution is 6.31. The molecular formula is C14H16ClN3O. The van der Waals surface area contributed by atoms with E-state index in [9.17, 15) is 4.79 Å². The largest absolute Gasteiger partial charge is 0.347 e. The molecule has 0 saturated heterocycles. The normalized spacial score (nSPS) is 12.2. The standard InChI is InChI=1S/C14H16ClN3O/c1-3-12(13-16-7-8-17-13)18-14(19)10-5-4-6-11(15)9(10)2/h4-8,12H,3H2,1-2H3,(H,16,17)(H,18,19). The fourth-order valence-electron chi connectivity index (χ4n) is 1.92. The molecule has 4 nitrogen and oxygen atoms in total. The molecule has 0 bridgehead atoms. The lowest BCUT2D eigenvalue weighted by atomic mass is 10.1. The first-order valence-electron chi connectivity index (χ1n) is 6.18. The number of aromatic nitrogens is 2. The number of halogens is 1. The van der Waals surface area contributed by atoms with Gasteiger partial charge in [-0.15, -0.1) is 0 Å². The summed E-state index contributed by atoms with van der Waals surface area (Å²) >= 11 is 6.03. The second-order valence-corrected chi connectivity index (χ2v) is 4.73. The Balaban J connectivity index is 2.18. The van der Waals surface area contributed by atoms with Crippen LogP contribution in [0.4, 0.5) is 0 Å². The molecule has 1 unspecified atom stereocenters. The second kappa shape index (κ2) is 5.89. The second-order valence-electron chi connectivity index (χ2n) is 4.32. The van der Waals surface area contributed by atoms with Gasteiger partial charge < -0.3 is 10.3 Å². The van der Waals surface area contributed by atoms with E-state index in [-0.39, 0.29) is 11.9 Å². The van der Waals surface area contributed by atoms with Gasteiger partial charge in [0.15, 0.2) is 0 Å². The summed E-state index contributed by atoms with van der Waals surface area (Å²) in [6.07, 6.45) is 4.18. The van der Waals surface area contributed by atoms with Gasteiger partial charge in [-0.25, -0.2) is 4.98 Å². The summed E-state index contributed by atoms with van der Waals surface area (Å²) in [7, 11) is 0. The first-order chi connectivity index (χ1) is 9.13. The molecule has 0 radical (unpaired) electrons. The molecule has 100 valence electrons. The maximum absolute atomic E-state index is 12.3. The van der Waals surface area contributed by atoms with Crippen LogP contribution in [0, 0.1) is 6.92 Å². The summed E-state index contributed by atoms with van der Waals surface area (Å²) < 4.78 is 0. The number of rotatable bonds is 4. The first kappa shape index (κ1) is 13.6. The van der Waals surface area contributed by atoms with Crippen molar-refractivity contribution in [2.24, 2.45) is 0 Å². The molecule has 1 amide bonds. The van der Waals surface area contributed by atoms with Crippen LogP contribution in [0.3, 0.4) is 0 Å². The third-order valence-corrected chi connectivity index (χ3v) is 3.48. The van der Waals surface area contributed by atoms with E-state index in [4.69, 9.17) is 11.6 Å². The summed E-state index contributed by atoms with van der Waals surface area (Å²) in [4.78, 5) is 19.5. The lowest BCUT2D eigenvalue weighted by Crippen LogP contribution is -2.29. The van der Waals surface area contributed by atoms with Crippen molar-refractivity contribution < 1.29 is 4.79 Å². The topological polar surface area (TPSA) is 57.8 Å². The van der Waals surface area contributed by atoms with Crippen molar-refractivity contribution in [2.75, 3.05) is 0 Å². The summed E-state index contributed by atoms with van der Waals surface area (Å²) in [5.41, 5.74) is 1.38. The van der Waals surface area contributed by atoms with Gasteiger partial charge in [-0.1, -0.05) is 24.6 Å². The maximum atomic E-state index is 12.3. The van der Waals surface area contributed by atoms with Crippen molar-refractivity contribution in [3.63, 3.8) is 0 Å². The fraction of sp³-hybridized carbons (Fsp3) is 0.286. The molecule has 0 fully saturated rings. The summed E-state index contributed by atoms with van der Waals surface area (Å²) in [5.74, 6) is 0.624. The Labute approximate surface area is 117 Å². The van der Waals surface area contributed by atoms with Crippen LogP contribution in [-0.2, 0) is 0 Å². The van der Waals surface area contributed by atoms with E-state index in [1.807, 2.05) is 13.8 Å². The average Bonchev–Trinajstić information content (AvgIpc) is 2.92. The van der Waals surface area contributed by atoms with Gasteiger partial charge in [-0.2, -0.15) is 0 Å². The number of carbonyl (C=O) groups excluding carboxylic acids is 1. The number of aromatic amines is 1. The molecule has 1 heterocycles. The summed E-state index contributed by atoms with van der Waals surface area (Å²) in [6.45, 7) is 3.84. The van der Waals surface area contributed by atoms with E-state index in [2.05, 4.69) is 15.3 Å². The average molecular weight is 278 g/mol. The van der Waals surface area contributed by atoms with Crippen LogP contribution in [0.2, 0.25) is 5.02 Å². The summed E-state index contributed by atoms with van der Waals surface area (Å²) in [5, 5.41) is 3.56. The van der Waals surface area contributed by atoms with E-state index < -0.39 is 0 Å². The maximum Gasteiger partial charge on any atom is 0.252 e. The molecule has 5 heteroatoms. The van der Waals surface area contributed by atoms with Gasteiger partial charge in [0.2, 0.25) is 0 Å². The smallest absolute Gasteiger partial charge is 0.252 e. The lowest BCUT2D eigenvalue weighted by Gasteiger charge is -2.16. The van der Waals surface area contributed by atoms with Crippen LogP contribution in [0.1, 0.15) is 41.1 Å². The van der Waals surface area contributed by atoms with Crippen molar-refractivity contribution in [3.05, 3.63) is 52.6 Å². The van der Waals surface area contributed by atoms with Gasteiger partial charge >= 0.3 is 0 Å². The van der Waals surface area contributed by atoms with Crippen molar-refractivity contribution in [2.45, 2.75) is 26.3 Å². The van der Waals surface area contributed by atoms with Crippen LogP contribution in [-0.4, -0.2) is 15.9 Å². The van der Waals surface area contributed by atoms with Crippen molar-refractivity contribution >= 4 is 17.5 Å². The predicted molar refractivity (Wildman–Crippen MR) is 75.3 cm³/mol. The van der Waals surface area contributed by atoms with Gasteiger partial charge in [0.05, 0.1) is 6.04 Å². The molecule has 2 rings (SSSR count). The minimum atomic E-state index is -0.136. The van der Waals surface area contributed by atoms with Crippen LogP contribution in [0.25, 0.3) is 0 Å². The van der Waals surface area contributed by atoms with Crippen molar-refractivity contribution in [1.29, 1.82) is 0 Å². The molecule has 0 spiro atoms. The van der Waals surface area contributed by atoms with Gasteiger partial charge in [-0.05, 0) is 31.0 Å². The highest BCUT2D eigenvalue weighted by atomic mass is 35.5. The van der Waals surface area contributed by atoms with Crippen LogP contribution in [0.5, 0.6) is 0 Å². The Bertz CT molecular complexity index is 566. The quantitative estimate of drug-likeness (QED) is 0.901. The Morgan fingerprint density at radius 1 is 1.53 bits per heavy atom. The molecule has 0 aliphatic heterocycles. The first-order valence-corrected chi connectivity index (χ1v) is 6.56. The van der Waals surface area contributed by atoms with Gasteiger partial charge in [0.25, 0.3) is 5.91 Å². The van der Waals surface area contributed by atoms with Gasteiger partial charge in [0, 0.05) is 23.0 Å². The molecule has 1 aromatic carbocycles. The molecule has 1 aromatic heterocycles. The Kier molecular flexibility index (Phi) is 4.22. The van der Waals surface area contributed by atoms with Crippen LogP contribution < -0.4 is 5.32 Å². The highest BCUT2D eigenvalue weighted by Gasteiger charge is 2.17. The molecule has 0 aliphatic rings. The van der Waals surface area contributed by atoms with Crippen LogP contribution in [0.15, 0.2) is 30.6 Å². The SMILES string of the molecule is CCC(NC(=O)c1cccc(Cl)c1C)c1ncc[nH]1. The number of nitrogens with zero attached hydrogens (tertiary/aromatic N) is 1. The zero-order valence-electron chi connectivity index (χ0n) is 10.9. The zero-order valence-corrected chi connectivity index (χ0v) is 11.7. The third-order valence-electron chi connectivity index (χ3n) is 3.08. The number of amides is 1. The number of hydrogen-bond acceptors (Lipinski definition) is 2. The molecule has 19 heavy (non-hydrogen) atoms. The van der Waals surface area contributed by atoms with E-state index in [0.29, 0.717) is 10.6 Å².